The van der Waals surface area contributed by atoms with Gasteiger partial charge in [0.05, 0.1) is 0 Å². The number of carbonyl (C=O) groups excluding carboxylic acids is 4. The zero-order chi connectivity index (χ0) is 13.4. The Hall–Kier alpha value is -2.12. The zero-order valence-corrected chi connectivity index (χ0v) is 9.88. The molecule has 0 unspecified atom stereocenters. The number of amides is 4. The van der Waals surface area contributed by atoms with Gasteiger partial charge in [0.2, 0.25) is 11.8 Å². The van der Waals surface area contributed by atoms with Crippen molar-refractivity contribution in [3.8, 4) is 0 Å². The van der Waals surface area contributed by atoms with E-state index < -0.39 is 11.8 Å². The third-order valence-corrected chi connectivity index (χ3v) is 2.25. The molecule has 0 spiro atoms. The van der Waals surface area contributed by atoms with E-state index in [0.717, 1.165) is 0 Å². The van der Waals surface area contributed by atoms with Crippen molar-refractivity contribution in [3.63, 3.8) is 0 Å². The van der Waals surface area contributed by atoms with Crippen molar-refractivity contribution < 1.29 is 19.2 Å². The van der Waals surface area contributed by atoms with Gasteiger partial charge in [-0.2, -0.15) is 0 Å². The van der Waals surface area contributed by atoms with E-state index in [1.807, 2.05) is 0 Å². The summed E-state index contributed by atoms with van der Waals surface area (Å²) in [6, 6.07) is 0. The van der Waals surface area contributed by atoms with Gasteiger partial charge in [-0.25, -0.2) is 0 Å². The maximum Gasteiger partial charge on any atom is 0.309 e. The molecule has 1 aliphatic rings. The Morgan fingerprint density at radius 3 is 1.33 bits per heavy atom. The fourth-order valence-electron chi connectivity index (χ4n) is 1.32. The highest BCUT2D eigenvalue weighted by atomic mass is 16.2. The monoisotopic (exact) mass is 256 g/mol. The summed E-state index contributed by atoms with van der Waals surface area (Å²) in [5.74, 6) is -2.11. The van der Waals surface area contributed by atoms with Crippen molar-refractivity contribution in [1.29, 1.82) is 0 Å². The predicted octanol–water partition coefficient (Wildman–Crippen LogP) is -2.75. The lowest BCUT2D eigenvalue weighted by Gasteiger charge is -2.10. The van der Waals surface area contributed by atoms with Gasteiger partial charge < -0.3 is 21.3 Å². The van der Waals surface area contributed by atoms with Crippen LogP contribution in [0.3, 0.4) is 0 Å². The maximum atomic E-state index is 11.2. The summed E-state index contributed by atoms with van der Waals surface area (Å²) in [4.78, 5) is 44.9. The fraction of sp³-hybridized carbons (Fsp3) is 0.600. The highest BCUT2D eigenvalue weighted by Crippen LogP contribution is 1.82. The average molecular weight is 256 g/mol. The van der Waals surface area contributed by atoms with Crippen molar-refractivity contribution in [3.05, 3.63) is 0 Å². The van der Waals surface area contributed by atoms with E-state index >= 15 is 0 Å². The van der Waals surface area contributed by atoms with Crippen LogP contribution in [0.4, 0.5) is 0 Å². The van der Waals surface area contributed by atoms with Crippen LogP contribution in [0, 0.1) is 0 Å². The Bertz CT molecular complexity index is 322. The quantitative estimate of drug-likeness (QED) is 0.351. The van der Waals surface area contributed by atoms with E-state index in [4.69, 9.17) is 0 Å². The predicted molar refractivity (Wildman–Crippen MR) is 61.3 cm³/mol. The van der Waals surface area contributed by atoms with Crippen LogP contribution in [0.5, 0.6) is 0 Å². The van der Waals surface area contributed by atoms with Crippen molar-refractivity contribution in [2.75, 3.05) is 26.2 Å². The average Bonchev–Trinajstić information content (AvgIpc) is 2.33. The summed E-state index contributed by atoms with van der Waals surface area (Å²) in [6.07, 6.45) is 0.180. The van der Waals surface area contributed by atoms with Gasteiger partial charge in [0.15, 0.2) is 0 Å². The molecule has 0 radical (unpaired) electrons. The standard InChI is InChI=1S/C10H16N4O4/c15-7-1-3-13-9(17)10(18)14-4-2-8(16)12-6-5-11-7/h1-6H2,(H,11,15)(H,12,16)(H,13,17)(H,14,18). The van der Waals surface area contributed by atoms with Gasteiger partial charge in [0.25, 0.3) is 0 Å². The van der Waals surface area contributed by atoms with Gasteiger partial charge in [0, 0.05) is 39.0 Å². The minimum absolute atomic E-state index is 0.0902. The number of hydrogen-bond donors (Lipinski definition) is 4. The van der Waals surface area contributed by atoms with Crippen LogP contribution >= 0.6 is 0 Å². The van der Waals surface area contributed by atoms with E-state index in [1.54, 1.807) is 0 Å². The summed E-state index contributed by atoms with van der Waals surface area (Å²) in [5, 5.41) is 9.79. The minimum atomic E-state index is -0.805. The lowest BCUT2D eigenvalue weighted by atomic mass is 10.3. The van der Waals surface area contributed by atoms with Crippen molar-refractivity contribution in [2.45, 2.75) is 12.8 Å². The number of rotatable bonds is 0. The summed E-state index contributed by atoms with van der Waals surface area (Å²) in [7, 11) is 0. The third kappa shape index (κ3) is 5.28. The molecular formula is C10H16N4O4. The van der Waals surface area contributed by atoms with Crippen molar-refractivity contribution >= 4 is 23.6 Å². The van der Waals surface area contributed by atoms with Gasteiger partial charge >= 0.3 is 11.8 Å². The number of nitrogens with one attached hydrogen (secondary N) is 4. The minimum Gasteiger partial charge on any atom is -0.354 e. The topological polar surface area (TPSA) is 116 Å². The number of hydrogen-bond acceptors (Lipinski definition) is 4. The molecular weight excluding hydrogens is 240 g/mol. The Labute approximate surface area is 104 Å². The van der Waals surface area contributed by atoms with Gasteiger partial charge in [-0.1, -0.05) is 0 Å². The highest BCUT2D eigenvalue weighted by Gasteiger charge is 2.14. The second kappa shape index (κ2) is 7.25. The molecule has 4 amide bonds. The normalized spacial score (nSPS) is 20.0. The molecule has 0 atom stereocenters. The van der Waals surface area contributed by atoms with Crippen molar-refractivity contribution in [2.24, 2.45) is 0 Å². The first kappa shape index (κ1) is 13.9. The van der Waals surface area contributed by atoms with Gasteiger partial charge in [0.1, 0.15) is 0 Å². The molecule has 8 nitrogen and oxygen atoms in total. The molecule has 0 aromatic rings. The van der Waals surface area contributed by atoms with Crippen LogP contribution in [0.2, 0.25) is 0 Å². The smallest absolute Gasteiger partial charge is 0.309 e. The Kier molecular flexibility index (Phi) is 5.62. The third-order valence-electron chi connectivity index (χ3n) is 2.25. The Balaban J connectivity index is 2.48. The molecule has 1 rings (SSSR count). The fourth-order valence-corrected chi connectivity index (χ4v) is 1.32. The van der Waals surface area contributed by atoms with Crippen LogP contribution in [-0.2, 0) is 19.2 Å². The maximum absolute atomic E-state index is 11.2. The second-order valence-corrected chi connectivity index (χ2v) is 3.71. The zero-order valence-electron chi connectivity index (χ0n) is 9.88. The summed E-state index contributed by atoms with van der Waals surface area (Å²) in [6.45, 7) is 0.880. The molecule has 0 aliphatic carbocycles. The SMILES string of the molecule is O=C1CCNC(=O)C(=O)NCCC(=O)NCCN1. The molecule has 18 heavy (non-hydrogen) atoms. The lowest BCUT2D eigenvalue weighted by molar-refractivity contribution is -0.139. The van der Waals surface area contributed by atoms with Crippen LogP contribution in [0.1, 0.15) is 12.8 Å². The molecule has 1 fully saturated rings. The van der Waals surface area contributed by atoms with Crippen LogP contribution < -0.4 is 21.3 Å². The molecule has 0 saturated carbocycles. The molecule has 4 N–H and O–H groups in total. The number of carbonyl (C=O) groups is 4. The van der Waals surface area contributed by atoms with Crippen LogP contribution in [-0.4, -0.2) is 49.8 Å². The van der Waals surface area contributed by atoms with Crippen LogP contribution in [0.15, 0.2) is 0 Å². The molecule has 8 heteroatoms. The summed E-state index contributed by atoms with van der Waals surface area (Å²) in [5.41, 5.74) is 0. The first-order valence-corrected chi connectivity index (χ1v) is 5.69. The van der Waals surface area contributed by atoms with E-state index in [2.05, 4.69) is 21.3 Å². The van der Waals surface area contributed by atoms with E-state index in [1.165, 1.54) is 0 Å². The molecule has 1 saturated heterocycles. The van der Waals surface area contributed by atoms with Gasteiger partial charge in [-0.05, 0) is 0 Å². The van der Waals surface area contributed by atoms with E-state index in [-0.39, 0.29) is 37.7 Å². The lowest BCUT2D eigenvalue weighted by Crippen LogP contribution is -2.43. The highest BCUT2D eigenvalue weighted by molar-refractivity contribution is 6.35. The van der Waals surface area contributed by atoms with Crippen molar-refractivity contribution in [1.82, 2.24) is 21.3 Å². The molecule has 100 valence electrons. The Morgan fingerprint density at radius 2 is 0.944 bits per heavy atom. The molecule has 1 heterocycles. The van der Waals surface area contributed by atoms with Gasteiger partial charge in [-0.3, -0.25) is 19.2 Å². The molecule has 1 aliphatic heterocycles. The summed E-state index contributed by atoms with van der Waals surface area (Å²) < 4.78 is 0. The van der Waals surface area contributed by atoms with Gasteiger partial charge in [-0.15, -0.1) is 0 Å². The van der Waals surface area contributed by atoms with E-state index in [9.17, 15) is 19.2 Å². The summed E-state index contributed by atoms with van der Waals surface area (Å²) >= 11 is 0. The first-order valence-electron chi connectivity index (χ1n) is 5.69. The first-order chi connectivity index (χ1) is 8.59. The second-order valence-electron chi connectivity index (χ2n) is 3.71. The largest absolute Gasteiger partial charge is 0.354 e. The molecule has 0 bridgehead atoms. The molecule has 0 aromatic heterocycles. The van der Waals surface area contributed by atoms with E-state index in [0.29, 0.717) is 13.1 Å². The van der Waals surface area contributed by atoms with Crippen LogP contribution in [0.25, 0.3) is 0 Å². The molecule has 0 aromatic carbocycles. The Morgan fingerprint density at radius 1 is 0.556 bits per heavy atom.